The lowest BCUT2D eigenvalue weighted by atomic mass is 9.97. The zero-order valence-corrected chi connectivity index (χ0v) is 12.2. The van der Waals surface area contributed by atoms with Crippen LogP contribution in [0.5, 0.6) is 5.75 Å². The van der Waals surface area contributed by atoms with Crippen LogP contribution in [0.25, 0.3) is 0 Å². The normalized spacial score (nSPS) is 23.4. The van der Waals surface area contributed by atoms with E-state index in [1.165, 1.54) is 0 Å². The molecule has 0 amide bonds. The summed E-state index contributed by atoms with van der Waals surface area (Å²) in [5.41, 5.74) is 7.08. The van der Waals surface area contributed by atoms with Crippen molar-refractivity contribution in [3.05, 3.63) is 11.9 Å². The Morgan fingerprint density at radius 2 is 2.37 bits per heavy atom. The maximum Gasteiger partial charge on any atom is 0.161 e. The monoisotopic (exact) mass is 287 g/mol. The van der Waals surface area contributed by atoms with Crippen molar-refractivity contribution in [1.82, 2.24) is 9.78 Å². The minimum absolute atomic E-state index is 0.0498. The Balaban J connectivity index is 2.27. The summed E-state index contributed by atoms with van der Waals surface area (Å²) in [5, 5.41) is 4.27. The van der Waals surface area contributed by atoms with Crippen molar-refractivity contribution in [2.75, 3.05) is 18.6 Å². The molecule has 2 N–H and O–H groups in total. The molecular weight excluding hydrogens is 266 g/mol. The quantitative estimate of drug-likeness (QED) is 0.863. The van der Waals surface area contributed by atoms with Gasteiger partial charge in [-0.25, -0.2) is 8.42 Å². The third-order valence-corrected chi connectivity index (χ3v) is 5.39. The smallest absolute Gasteiger partial charge is 0.161 e. The zero-order valence-electron chi connectivity index (χ0n) is 11.4. The molecule has 2 atom stereocenters. The van der Waals surface area contributed by atoms with Crippen molar-refractivity contribution in [2.24, 2.45) is 11.7 Å². The Labute approximate surface area is 113 Å². The molecule has 6 nitrogen and oxygen atoms in total. The van der Waals surface area contributed by atoms with Gasteiger partial charge in [0.25, 0.3) is 0 Å². The van der Waals surface area contributed by atoms with Crippen molar-refractivity contribution >= 4 is 9.84 Å². The summed E-state index contributed by atoms with van der Waals surface area (Å²) >= 11 is 0. The maximum absolute atomic E-state index is 11.6. The van der Waals surface area contributed by atoms with Gasteiger partial charge in [-0.3, -0.25) is 4.68 Å². The van der Waals surface area contributed by atoms with E-state index in [0.717, 1.165) is 18.7 Å². The fourth-order valence-electron chi connectivity index (χ4n) is 2.59. The Kier molecular flexibility index (Phi) is 4.15. The summed E-state index contributed by atoms with van der Waals surface area (Å²) in [7, 11) is -1.35. The molecule has 1 aliphatic heterocycles. The number of methoxy groups -OCH3 is 1. The molecule has 2 rings (SSSR count). The first kappa shape index (κ1) is 14.3. The van der Waals surface area contributed by atoms with Gasteiger partial charge in [0, 0.05) is 6.54 Å². The molecule has 2 heterocycles. The number of sulfone groups is 1. The van der Waals surface area contributed by atoms with E-state index in [1.54, 1.807) is 13.3 Å². The van der Waals surface area contributed by atoms with Crippen molar-refractivity contribution in [2.45, 2.75) is 32.4 Å². The number of nitrogens with two attached hydrogens (primary N) is 1. The Bertz CT molecular complexity index is 538. The lowest BCUT2D eigenvalue weighted by Gasteiger charge is -2.20. The summed E-state index contributed by atoms with van der Waals surface area (Å²) in [5.74, 6) is 0.987. The summed E-state index contributed by atoms with van der Waals surface area (Å²) < 4.78 is 30.3. The van der Waals surface area contributed by atoms with Crippen LogP contribution in [-0.4, -0.2) is 36.8 Å². The van der Waals surface area contributed by atoms with E-state index in [-0.39, 0.29) is 23.5 Å². The van der Waals surface area contributed by atoms with Crippen molar-refractivity contribution < 1.29 is 13.2 Å². The van der Waals surface area contributed by atoms with Crippen molar-refractivity contribution in [1.29, 1.82) is 0 Å². The van der Waals surface area contributed by atoms with Gasteiger partial charge in [0.05, 0.1) is 36.5 Å². The van der Waals surface area contributed by atoms with Crippen LogP contribution in [0.2, 0.25) is 0 Å². The number of ether oxygens (including phenoxy) is 1. The van der Waals surface area contributed by atoms with Crippen molar-refractivity contribution in [3.63, 3.8) is 0 Å². The maximum atomic E-state index is 11.6. The highest BCUT2D eigenvalue weighted by Crippen LogP contribution is 2.34. The van der Waals surface area contributed by atoms with E-state index in [1.807, 2.05) is 4.68 Å². The lowest BCUT2D eigenvalue weighted by Crippen LogP contribution is -2.26. The van der Waals surface area contributed by atoms with Crippen LogP contribution in [0.3, 0.4) is 0 Å². The minimum Gasteiger partial charge on any atom is -0.493 e. The Morgan fingerprint density at radius 3 is 2.89 bits per heavy atom. The summed E-state index contributed by atoms with van der Waals surface area (Å²) in [4.78, 5) is 0. The topological polar surface area (TPSA) is 87.2 Å². The van der Waals surface area contributed by atoms with Gasteiger partial charge >= 0.3 is 0 Å². The number of rotatable bonds is 5. The fraction of sp³-hybridized carbons (Fsp3) is 0.750. The number of nitrogens with zero attached hydrogens (tertiary/aromatic N) is 2. The predicted octanol–water partition coefficient (Wildman–Crippen LogP) is 0.736. The van der Waals surface area contributed by atoms with E-state index in [2.05, 4.69) is 12.0 Å². The summed E-state index contributed by atoms with van der Waals surface area (Å²) in [6.45, 7) is 2.81. The number of hydrogen-bond donors (Lipinski definition) is 1. The van der Waals surface area contributed by atoms with Crippen LogP contribution in [0, 0.1) is 5.92 Å². The van der Waals surface area contributed by atoms with Crippen LogP contribution in [-0.2, 0) is 16.4 Å². The first-order chi connectivity index (χ1) is 8.98. The van der Waals surface area contributed by atoms with Crippen molar-refractivity contribution in [3.8, 4) is 5.75 Å². The van der Waals surface area contributed by atoms with E-state index < -0.39 is 9.84 Å². The average Bonchev–Trinajstić information content (AvgIpc) is 2.92. The van der Waals surface area contributed by atoms with Gasteiger partial charge in [-0.15, -0.1) is 0 Å². The van der Waals surface area contributed by atoms with Gasteiger partial charge in [0.1, 0.15) is 0 Å². The molecule has 1 fully saturated rings. The molecule has 108 valence electrons. The molecule has 0 aliphatic carbocycles. The second kappa shape index (κ2) is 5.50. The molecule has 1 saturated heterocycles. The van der Waals surface area contributed by atoms with Crippen LogP contribution in [0.4, 0.5) is 0 Å². The average molecular weight is 287 g/mol. The number of hydrogen-bond acceptors (Lipinski definition) is 5. The highest BCUT2D eigenvalue weighted by Gasteiger charge is 2.35. The van der Waals surface area contributed by atoms with Gasteiger partial charge in [0.2, 0.25) is 0 Å². The van der Waals surface area contributed by atoms with Gasteiger partial charge < -0.3 is 10.5 Å². The van der Waals surface area contributed by atoms with Gasteiger partial charge in [-0.05, 0) is 18.8 Å². The van der Waals surface area contributed by atoms with Gasteiger partial charge in [0.15, 0.2) is 15.6 Å². The first-order valence-corrected chi connectivity index (χ1v) is 8.36. The van der Waals surface area contributed by atoms with E-state index in [9.17, 15) is 8.42 Å². The highest BCUT2D eigenvalue weighted by atomic mass is 32.2. The molecule has 0 aromatic carbocycles. The third kappa shape index (κ3) is 2.92. The standard InChI is InChI=1S/C12H21N3O3S/c1-3-5-15-12(10(18-2)7-14-15)11(13)9-4-6-19(16,17)8-9/h7,9,11H,3-6,8,13H2,1-2H3. The zero-order chi connectivity index (χ0) is 14.0. The van der Waals surface area contributed by atoms with Crippen LogP contribution in [0.15, 0.2) is 6.20 Å². The SMILES string of the molecule is CCCn1ncc(OC)c1C(N)C1CCS(=O)(=O)C1. The molecule has 2 unspecified atom stereocenters. The van der Waals surface area contributed by atoms with E-state index in [4.69, 9.17) is 10.5 Å². The van der Waals surface area contributed by atoms with E-state index in [0.29, 0.717) is 12.2 Å². The minimum atomic E-state index is -2.93. The number of aromatic nitrogens is 2. The summed E-state index contributed by atoms with van der Waals surface area (Å²) in [6, 6.07) is -0.346. The summed E-state index contributed by atoms with van der Waals surface area (Å²) in [6.07, 6.45) is 3.20. The molecule has 1 aromatic rings. The first-order valence-electron chi connectivity index (χ1n) is 6.54. The fourth-order valence-corrected chi connectivity index (χ4v) is 4.45. The van der Waals surface area contributed by atoms with Gasteiger partial charge in [-0.2, -0.15) is 5.10 Å². The van der Waals surface area contributed by atoms with Crippen LogP contribution < -0.4 is 10.5 Å². The molecule has 0 bridgehead atoms. The molecule has 7 heteroatoms. The lowest BCUT2D eigenvalue weighted by molar-refractivity contribution is 0.380. The highest BCUT2D eigenvalue weighted by molar-refractivity contribution is 7.91. The molecular formula is C12H21N3O3S. The molecule has 19 heavy (non-hydrogen) atoms. The van der Waals surface area contributed by atoms with Crippen LogP contribution >= 0.6 is 0 Å². The van der Waals surface area contributed by atoms with Crippen LogP contribution in [0.1, 0.15) is 31.5 Å². The molecule has 0 radical (unpaired) electrons. The third-order valence-electron chi connectivity index (χ3n) is 3.59. The second-order valence-corrected chi connectivity index (χ2v) is 7.24. The molecule has 0 spiro atoms. The van der Waals surface area contributed by atoms with Gasteiger partial charge in [-0.1, -0.05) is 6.92 Å². The molecule has 0 saturated carbocycles. The Hall–Kier alpha value is -1.08. The molecule has 1 aliphatic rings. The largest absolute Gasteiger partial charge is 0.493 e. The second-order valence-electron chi connectivity index (χ2n) is 5.01. The number of aryl methyl sites for hydroxylation is 1. The molecule has 1 aromatic heterocycles. The van der Waals surface area contributed by atoms with E-state index >= 15 is 0 Å². The Morgan fingerprint density at radius 1 is 1.63 bits per heavy atom. The predicted molar refractivity (Wildman–Crippen MR) is 72.8 cm³/mol.